The van der Waals surface area contributed by atoms with E-state index in [1.807, 2.05) is 13.8 Å². The average Bonchev–Trinajstić information content (AvgIpc) is 2.11. The summed E-state index contributed by atoms with van der Waals surface area (Å²) in [6, 6.07) is 0. The van der Waals surface area contributed by atoms with Crippen molar-refractivity contribution in [3.05, 3.63) is 11.3 Å². The number of carbonyl (C=O) groups excluding carboxylic acids is 1. The second kappa shape index (κ2) is 5.42. The molecule has 0 unspecified atom stereocenters. The van der Waals surface area contributed by atoms with Crippen LogP contribution in [0.2, 0.25) is 0 Å². The highest BCUT2D eigenvalue weighted by atomic mass is 16.6. The number of oxime groups is 1. The standard InChI is InChI=1S/C10H18N2O2/c1-7(2)11-14-9(4)8(3)10(13)12(5)6/h1-6H3/b9-8+. The van der Waals surface area contributed by atoms with Gasteiger partial charge < -0.3 is 9.74 Å². The Morgan fingerprint density at radius 2 is 1.64 bits per heavy atom. The van der Waals surface area contributed by atoms with Crippen molar-refractivity contribution in [1.29, 1.82) is 0 Å². The third kappa shape index (κ3) is 4.07. The molecule has 0 atom stereocenters. The number of hydrogen-bond acceptors (Lipinski definition) is 3. The van der Waals surface area contributed by atoms with E-state index < -0.39 is 0 Å². The summed E-state index contributed by atoms with van der Waals surface area (Å²) in [6.07, 6.45) is 0. The van der Waals surface area contributed by atoms with Crippen LogP contribution in [0.1, 0.15) is 27.7 Å². The second-order valence-electron chi connectivity index (χ2n) is 3.51. The summed E-state index contributed by atoms with van der Waals surface area (Å²) >= 11 is 0. The van der Waals surface area contributed by atoms with Crippen LogP contribution in [0, 0.1) is 0 Å². The zero-order chi connectivity index (χ0) is 11.3. The normalized spacial score (nSPS) is 11.6. The third-order valence-electron chi connectivity index (χ3n) is 1.62. The van der Waals surface area contributed by atoms with Gasteiger partial charge in [0.05, 0.1) is 11.3 Å². The molecule has 0 aliphatic heterocycles. The second-order valence-corrected chi connectivity index (χ2v) is 3.51. The highest BCUT2D eigenvalue weighted by molar-refractivity contribution is 5.92. The van der Waals surface area contributed by atoms with E-state index in [0.29, 0.717) is 11.3 Å². The van der Waals surface area contributed by atoms with Gasteiger partial charge in [-0.15, -0.1) is 0 Å². The van der Waals surface area contributed by atoms with Gasteiger partial charge in [0.15, 0.2) is 0 Å². The van der Waals surface area contributed by atoms with E-state index in [-0.39, 0.29) is 5.91 Å². The van der Waals surface area contributed by atoms with Crippen LogP contribution < -0.4 is 0 Å². The van der Waals surface area contributed by atoms with Crippen LogP contribution in [0.4, 0.5) is 0 Å². The van der Waals surface area contributed by atoms with E-state index >= 15 is 0 Å². The fraction of sp³-hybridized carbons (Fsp3) is 0.600. The maximum Gasteiger partial charge on any atom is 0.252 e. The lowest BCUT2D eigenvalue weighted by Crippen LogP contribution is -2.23. The summed E-state index contributed by atoms with van der Waals surface area (Å²) in [6.45, 7) is 7.11. The molecule has 0 aliphatic carbocycles. The van der Waals surface area contributed by atoms with Gasteiger partial charge in [-0.3, -0.25) is 4.79 Å². The zero-order valence-electron chi connectivity index (χ0n) is 9.71. The van der Waals surface area contributed by atoms with E-state index in [1.165, 1.54) is 4.90 Å². The average molecular weight is 198 g/mol. The summed E-state index contributed by atoms with van der Waals surface area (Å²) in [5, 5.41) is 3.78. The molecule has 0 saturated carbocycles. The highest BCUT2D eigenvalue weighted by Gasteiger charge is 2.10. The Balaban J connectivity index is 4.59. The van der Waals surface area contributed by atoms with Gasteiger partial charge in [0.2, 0.25) is 0 Å². The molecule has 0 spiro atoms. The van der Waals surface area contributed by atoms with Gasteiger partial charge in [-0.05, 0) is 27.7 Å². The summed E-state index contributed by atoms with van der Waals surface area (Å²) in [5.41, 5.74) is 1.38. The van der Waals surface area contributed by atoms with E-state index in [0.717, 1.165) is 5.71 Å². The maximum absolute atomic E-state index is 11.5. The van der Waals surface area contributed by atoms with Gasteiger partial charge in [-0.2, -0.15) is 0 Å². The molecule has 14 heavy (non-hydrogen) atoms. The van der Waals surface area contributed by atoms with Gasteiger partial charge >= 0.3 is 0 Å². The van der Waals surface area contributed by atoms with Gasteiger partial charge in [-0.1, -0.05) is 5.16 Å². The van der Waals surface area contributed by atoms with Crippen LogP contribution in [0.25, 0.3) is 0 Å². The first kappa shape index (κ1) is 12.7. The SMILES string of the molecule is CC(C)=NO/C(C)=C(\C)C(=O)N(C)C. The molecule has 0 N–H and O–H groups in total. The smallest absolute Gasteiger partial charge is 0.252 e. The van der Waals surface area contributed by atoms with Crippen LogP contribution in [0.3, 0.4) is 0 Å². The van der Waals surface area contributed by atoms with Crippen LogP contribution in [-0.4, -0.2) is 30.6 Å². The molecule has 0 radical (unpaired) electrons. The topological polar surface area (TPSA) is 41.9 Å². The molecule has 4 nitrogen and oxygen atoms in total. The first-order chi connectivity index (χ1) is 6.36. The van der Waals surface area contributed by atoms with Crippen molar-refractivity contribution in [1.82, 2.24) is 4.90 Å². The molecule has 0 saturated heterocycles. The van der Waals surface area contributed by atoms with Gasteiger partial charge in [-0.25, -0.2) is 0 Å². The summed E-state index contributed by atoms with van der Waals surface area (Å²) < 4.78 is 0. The van der Waals surface area contributed by atoms with Gasteiger partial charge in [0.1, 0.15) is 5.76 Å². The number of hydrogen-bond donors (Lipinski definition) is 0. The Hall–Kier alpha value is -1.32. The first-order valence-corrected chi connectivity index (χ1v) is 4.43. The fourth-order valence-electron chi connectivity index (χ4n) is 0.714. The Kier molecular flexibility index (Phi) is 4.91. The minimum absolute atomic E-state index is 0.0635. The molecule has 0 rings (SSSR count). The Morgan fingerprint density at radius 1 is 1.14 bits per heavy atom. The molecule has 0 fully saturated rings. The number of allylic oxidation sites excluding steroid dienone is 1. The molecule has 0 aliphatic rings. The number of likely N-dealkylation sites (N-methyl/N-ethyl adjacent to an activating group) is 1. The number of carbonyl (C=O) groups is 1. The van der Waals surface area contributed by atoms with Crippen LogP contribution in [0.15, 0.2) is 16.5 Å². The molecular formula is C10H18N2O2. The molecule has 0 heterocycles. The summed E-state index contributed by atoms with van der Waals surface area (Å²) in [5.74, 6) is 0.469. The molecule has 80 valence electrons. The van der Waals surface area contributed by atoms with E-state index in [9.17, 15) is 4.79 Å². The fourth-order valence-corrected chi connectivity index (χ4v) is 0.714. The van der Waals surface area contributed by atoms with E-state index in [4.69, 9.17) is 4.84 Å². The Morgan fingerprint density at radius 3 is 2.00 bits per heavy atom. The van der Waals surface area contributed by atoms with Crippen molar-refractivity contribution >= 4 is 11.6 Å². The van der Waals surface area contributed by atoms with Crippen molar-refractivity contribution in [3.8, 4) is 0 Å². The van der Waals surface area contributed by atoms with Gasteiger partial charge in [0.25, 0.3) is 5.91 Å². The number of rotatable bonds is 3. The largest absolute Gasteiger partial charge is 0.361 e. The number of amides is 1. The Labute approximate surface area is 85.2 Å². The van der Waals surface area contributed by atoms with Crippen molar-refractivity contribution < 1.29 is 9.63 Å². The highest BCUT2D eigenvalue weighted by Crippen LogP contribution is 2.07. The van der Waals surface area contributed by atoms with E-state index in [1.54, 1.807) is 27.9 Å². The predicted octanol–water partition coefficient (Wildman–Crippen LogP) is 1.78. The molecule has 0 aromatic rings. The Bertz CT molecular complexity index is 274. The summed E-state index contributed by atoms with van der Waals surface area (Å²) in [4.78, 5) is 18.0. The number of nitrogens with zero attached hydrogens (tertiary/aromatic N) is 2. The zero-order valence-corrected chi connectivity index (χ0v) is 9.71. The molecular weight excluding hydrogens is 180 g/mol. The van der Waals surface area contributed by atoms with Crippen LogP contribution in [0.5, 0.6) is 0 Å². The van der Waals surface area contributed by atoms with E-state index in [2.05, 4.69) is 5.16 Å². The minimum atomic E-state index is -0.0635. The molecule has 0 aromatic heterocycles. The van der Waals surface area contributed by atoms with Crippen LogP contribution >= 0.6 is 0 Å². The summed E-state index contributed by atoms with van der Waals surface area (Å²) in [7, 11) is 3.40. The third-order valence-corrected chi connectivity index (χ3v) is 1.62. The van der Waals surface area contributed by atoms with Crippen molar-refractivity contribution in [3.63, 3.8) is 0 Å². The van der Waals surface area contributed by atoms with Crippen LogP contribution in [-0.2, 0) is 9.63 Å². The van der Waals surface area contributed by atoms with Crippen molar-refractivity contribution in [2.75, 3.05) is 14.1 Å². The molecule has 1 amide bonds. The van der Waals surface area contributed by atoms with Gasteiger partial charge in [0, 0.05) is 14.1 Å². The molecule has 4 heteroatoms. The minimum Gasteiger partial charge on any atom is -0.361 e. The molecule has 0 aromatic carbocycles. The molecule has 0 bridgehead atoms. The van der Waals surface area contributed by atoms with Crippen molar-refractivity contribution in [2.24, 2.45) is 5.16 Å². The maximum atomic E-state index is 11.5. The lowest BCUT2D eigenvalue weighted by molar-refractivity contribution is -0.124. The monoisotopic (exact) mass is 198 g/mol. The lowest BCUT2D eigenvalue weighted by Gasteiger charge is -2.11. The van der Waals surface area contributed by atoms with Crippen molar-refractivity contribution in [2.45, 2.75) is 27.7 Å². The predicted molar refractivity (Wildman–Crippen MR) is 56.9 cm³/mol. The quantitative estimate of drug-likeness (QED) is 0.300. The first-order valence-electron chi connectivity index (χ1n) is 4.43. The lowest BCUT2D eigenvalue weighted by atomic mass is 10.2.